The lowest BCUT2D eigenvalue weighted by Crippen LogP contribution is -2.26. The van der Waals surface area contributed by atoms with Crippen molar-refractivity contribution in [2.24, 2.45) is 0 Å². The second-order valence-electron chi connectivity index (χ2n) is 5.18. The predicted molar refractivity (Wildman–Crippen MR) is 79.7 cm³/mol. The minimum atomic E-state index is -1.00. The van der Waals surface area contributed by atoms with E-state index < -0.39 is 5.97 Å². The zero-order chi connectivity index (χ0) is 15.5. The highest BCUT2D eigenvalue weighted by Gasteiger charge is 2.24. The van der Waals surface area contributed by atoms with Crippen LogP contribution in [0.3, 0.4) is 0 Å². The molecule has 0 bridgehead atoms. The fourth-order valence-corrected chi connectivity index (χ4v) is 2.54. The van der Waals surface area contributed by atoms with Crippen LogP contribution in [-0.2, 0) is 11.3 Å². The predicted octanol–water partition coefficient (Wildman–Crippen LogP) is 2.48. The summed E-state index contributed by atoms with van der Waals surface area (Å²) in [4.78, 5) is 24.0. The second kappa shape index (κ2) is 5.89. The number of carbonyl (C=O) groups is 2. The first kappa shape index (κ1) is 14.1. The van der Waals surface area contributed by atoms with Crippen LogP contribution >= 0.6 is 0 Å². The van der Waals surface area contributed by atoms with Gasteiger partial charge in [-0.15, -0.1) is 0 Å². The molecule has 3 rings (SSSR count). The van der Waals surface area contributed by atoms with E-state index in [4.69, 9.17) is 9.84 Å². The third-order valence-corrected chi connectivity index (χ3v) is 3.68. The van der Waals surface area contributed by atoms with E-state index in [0.717, 1.165) is 17.5 Å². The van der Waals surface area contributed by atoms with Crippen LogP contribution in [0.5, 0.6) is 5.75 Å². The Morgan fingerprint density at radius 2 is 2.00 bits per heavy atom. The fourth-order valence-electron chi connectivity index (χ4n) is 2.54. The number of rotatable bonds is 3. The van der Waals surface area contributed by atoms with Gasteiger partial charge in [0.05, 0.1) is 12.1 Å². The van der Waals surface area contributed by atoms with Crippen molar-refractivity contribution in [2.75, 3.05) is 6.54 Å². The van der Waals surface area contributed by atoms with E-state index in [-0.39, 0.29) is 11.7 Å². The van der Waals surface area contributed by atoms with Crippen molar-refractivity contribution in [3.8, 4) is 5.75 Å². The van der Waals surface area contributed by atoms with Gasteiger partial charge in [-0.2, -0.15) is 0 Å². The standard InChI is InChI=1S/C17H15NO4/c19-11-18-9-14-7-6-13(17(20)21)8-15(14)22-16(10-18)12-4-2-1-3-5-12/h1-8,11,16H,9-10H2,(H,20,21). The second-order valence-corrected chi connectivity index (χ2v) is 5.18. The topological polar surface area (TPSA) is 66.8 Å². The molecule has 1 N–H and O–H groups in total. The van der Waals surface area contributed by atoms with Crippen LogP contribution in [0.15, 0.2) is 48.5 Å². The van der Waals surface area contributed by atoms with Crippen molar-refractivity contribution in [1.82, 2.24) is 4.90 Å². The summed E-state index contributed by atoms with van der Waals surface area (Å²) < 4.78 is 6.00. The number of hydrogen-bond donors (Lipinski definition) is 1. The molecule has 0 radical (unpaired) electrons. The molecule has 5 nitrogen and oxygen atoms in total. The SMILES string of the molecule is O=CN1Cc2ccc(C(=O)O)cc2OC(c2ccccc2)C1. The molecule has 0 aliphatic carbocycles. The van der Waals surface area contributed by atoms with Crippen LogP contribution < -0.4 is 4.74 Å². The highest BCUT2D eigenvalue weighted by molar-refractivity contribution is 5.88. The molecule has 0 spiro atoms. The van der Waals surface area contributed by atoms with Gasteiger partial charge in [0, 0.05) is 12.1 Å². The third-order valence-electron chi connectivity index (χ3n) is 3.68. The number of ether oxygens (including phenoxy) is 1. The van der Waals surface area contributed by atoms with Gasteiger partial charge in [0.1, 0.15) is 11.9 Å². The van der Waals surface area contributed by atoms with E-state index in [0.29, 0.717) is 18.8 Å². The minimum absolute atomic E-state index is 0.171. The van der Waals surface area contributed by atoms with Crippen molar-refractivity contribution >= 4 is 12.4 Å². The molecular formula is C17H15NO4. The zero-order valence-corrected chi connectivity index (χ0v) is 11.8. The molecule has 1 heterocycles. The normalized spacial score (nSPS) is 17.1. The summed E-state index contributed by atoms with van der Waals surface area (Å²) in [5.41, 5.74) is 1.92. The highest BCUT2D eigenvalue weighted by Crippen LogP contribution is 2.31. The van der Waals surface area contributed by atoms with Crippen molar-refractivity contribution in [1.29, 1.82) is 0 Å². The lowest BCUT2D eigenvalue weighted by Gasteiger charge is -2.20. The molecule has 1 aliphatic rings. The van der Waals surface area contributed by atoms with Gasteiger partial charge in [0.25, 0.3) is 0 Å². The number of carboxylic acid groups (broad SMARTS) is 1. The molecular weight excluding hydrogens is 282 g/mol. The van der Waals surface area contributed by atoms with E-state index in [1.165, 1.54) is 12.1 Å². The Morgan fingerprint density at radius 1 is 1.23 bits per heavy atom. The molecule has 1 aliphatic heterocycles. The fraction of sp³-hybridized carbons (Fsp3) is 0.176. The van der Waals surface area contributed by atoms with Crippen LogP contribution in [0.4, 0.5) is 0 Å². The van der Waals surface area contributed by atoms with Crippen LogP contribution in [0.25, 0.3) is 0 Å². The van der Waals surface area contributed by atoms with Gasteiger partial charge in [-0.05, 0) is 17.7 Å². The number of aromatic carboxylic acids is 1. The maximum Gasteiger partial charge on any atom is 0.335 e. The molecule has 2 aromatic rings. The lowest BCUT2D eigenvalue weighted by atomic mass is 10.1. The summed E-state index contributed by atoms with van der Waals surface area (Å²) in [5.74, 6) is -0.489. The summed E-state index contributed by atoms with van der Waals surface area (Å²) in [6, 6.07) is 14.3. The van der Waals surface area contributed by atoms with Crippen LogP contribution in [0.1, 0.15) is 27.6 Å². The van der Waals surface area contributed by atoms with E-state index in [2.05, 4.69) is 0 Å². The number of fused-ring (bicyclic) bond motifs is 1. The van der Waals surface area contributed by atoms with Gasteiger partial charge in [-0.3, -0.25) is 4.79 Å². The third kappa shape index (κ3) is 2.79. The Hall–Kier alpha value is -2.82. The number of benzene rings is 2. The number of carbonyl (C=O) groups excluding carboxylic acids is 1. The zero-order valence-electron chi connectivity index (χ0n) is 11.8. The number of hydrogen-bond acceptors (Lipinski definition) is 3. The average molecular weight is 297 g/mol. The molecule has 22 heavy (non-hydrogen) atoms. The van der Waals surface area contributed by atoms with Crippen molar-refractivity contribution in [3.05, 3.63) is 65.2 Å². The highest BCUT2D eigenvalue weighted by atomic mass is 16.5. The smallest absolute Gasteiger partial charge is 0.335 e. The Balaban J connectivity index is 2.00. The van der Waals surface area contributed by atoms with Gasteiger partial charge in [0.15, 0.2) is 0 Å². The molecule has 1 amide bonds. The Bertz CT molecular complexity index is 699. The van der Waals surface area contributed by atoms with E-state index in [1.807, 2.05) is 30.3 Å². The molecule has 0 saturated heterocycles. The van der Waals surface area contributed by atoms with Crippen LogP contribution in [0, 0.1) is 0 Å². The van der Waals surface area contributed by atoms with Gasteiger partial charge >= 0.3 is 5.97 Å². The summed E-state index contributed by atoms with van der Waals surface area (Å²) in [6.07, 6.45) is 0.469. The maximum atomic E-state index is 11.3. The lowest BCUT2D eigenvalue weighted by molar-refractivity contribution is -0.119. The van der Waals surface area contributed by atoms with Gasteiger partial charge < -0.3 is 14.7 Å². The van der Waals surface area contributed by atoms with Crippen molar-refractivity contribution in [2.45, 2.75) is 12.6 Å². The average Bonchev–Trinajstić information content (AvgIpc) is 2.74. The van der Waals surface area contributed by atoms with Crippen molar-refractivity contribution in [3.63, 3.8) is 0 Å². The first-order chi connectivity index (χ1) is 10.7. The van der Waals surface area contributed by atoms with E-state index in [1.54, 1.807) is 11.0 Å². The van der Waals surface area contributed by atoms with Crippen molar-refractivity contribution < 1.29 is 19.4 Å². The monoisotopic (exact) mass is 297 g/mol. The van der Waals surface area contributed by atoms with Gasteiger partial charge in [0.2, 0.25) is 6.41 Å². The Labute approximate surface area is 127 Å². The molecule has 1 atom stereocenters. The first-order valence-electron chi connectivity index (χ1n) is 6.94. The maximum absolute atomic E-state index is 11.3. The summed E-state index contributed by atoms with van der Waals surface area (Å²) >= 11 is 0. The van der Waals surface area contributed by atoms with Crippen LogP contribution in [0.2, 0.25) is 0 Å². The van der Waals surface area contributed by atoms with Crippen LogP contribution in [-0.4, -0.2) is 28.9 Å². The molecule has 0 aromatic heterocycles. The largest absolute Gasteiger partial charge is 0.483 e. The molecule has 112 valence electrons. The summed E-state index contributed by atoms with van der Waals surface area (Å²) in [7, 11) is 0. The number of nitrogens with zero attached hydrogens (tertiary/aromatic N) is 1. The van der Waals surface area contributed by atoms with Gasteiger partial charge in [-0.25, -0.2) is 4.79 Å². The molecule has 0 saturated carbocycles. The number of amides is 1. The summed E-state index contributed by atoms with van der Waals surface area (Å²) in [5, 5.41) is 9.12. The number of carboxylic acids is 1. The van der Waals surface area contributed by atoms with Gasteiger partial charge in [-0.1, -0.05) is 36.4 Å². The molecule has 1 unspecified atom stereocenters. The Kier molecular flexibility index (Phi) is 3.78. The summed E-state index contributed by atoms with van der Waals surface area (Å²) in [6.45, 7) is 0.826. The first-order valence-corrected chi connectivity index (χ1v) is 6.94. The molecule has 0 fully saturated rings. The molecule has 2 aromatic carbocycles. The minimum Gasteiger partial charge on any atom is -0.483 e. The Morgan fingerprint density at radius 3 is 2.68 bits per heavy atom. The molecule has 5 heteroatoms. The quantitative estimate of drug-likeness (QED) is 0.884. The van der Waals surface area contributed by atoms with E-state index >= 15 is 0 Å². The van der Waals surface area contributed by atoms with E-state index in [9.17, 15) is 9.59 Å².